The molecule has 1 aromatic rings. The van der Waals surface area contributed by atoms with Crippen LogP contribution in [-0.4, -0.2) is 40.2 Å². The first-order valence-electron chi connectivity index (χ1n) is 5.44. The third-order valence-electron chi connectivity index (χ3n) is 2.54. The Bertz CT molecular complexity index is 412. The quantitative estimate of drug-likeness (QED) is 0.783. The zero-order valence-electron chi connectivity index (χ0n) is 9.38. The van der Waals surface area contributed by atoms with Gasteiger partial charge in [0, 0.05) is 6.07 Å². The van der Waals surface area contributed by atoms with Crippen LogP contribution in [0.1, 0.15) is 23.3 Å². The Kier molecular flexibility index (Phi) is 3.75. The zero-order valence-corrected chi connectivity index (χ0v) is 9.38. The highest BCUT2D eigenvalue weighted by Crippen LogP contribution is 2.24. The highest BCUT2D eigenvalue weighted by molar-refractivity contribution is 5.85. The Morgan fingerprint density at radius 3 is 3.11 bits per heavy atom. The molecular weight excluding hydrogens is 250 g/mol. The minimum Gasteiger partial charge on any atom is -0.476 e. The highest BCUT2D eigenvalue weighted by Gasteiger charge is 2.26. The zero-order chi connectivity index (χ0) is 13.1. The van der Waals surface area contributed by atoms with E-state index in [0.717, 1.165) is 0 Å². The standard InChI is InChI=1S/C10H12F2N2O4/c11-10(12)17-3-1-2-6-5-14-8(18-6)4-7(13-14)9(15)16/h4,6,10H,1-3,5H2,(H,15,16). The predicted molar refractivity (Wildman–Crippen MR) is 54.8 cm³/mol. The van der Waals surface area contributed by atoms with Gasteiger partial charge in [-0.2, -0.15) is 13.9 Å². The number of nitrogens with zero attached hydrogens (tertiary/aromatic N) is 2. The molecule has 1 aromatic heterocycles. The number of ether oxygens (including phenoxy) is 2. The van der Waals surface area contributed by atoms with Crippen LogP contribution in [0.3, 0.4) is 0 Å². The van der Waals surface area contributed by atoms with Crippen molar-refractivity contribution in [1.29, 1.82) is 0 Å². The van der Waals surface area contributed by atoms with E-state index in [-0.39, 0.29) is 18.4 Å². The van der Waals surface area contributed by atoms with Gasteiger partial charge in [-0.15, -0.1) is 0 Å². The van der Waals surface area contributed by atoms with E-state index in [1.807, 2.05) is 0 Å². The molecule has 0 spiro atoms. The Labute approximate surface area is 101 Å². The van der Waals surface area contributed by atoms with Gasteiger partial charge in [0.15, 0.2) is 5.69 Å². The molecule has 0 bridgehead atoms. The molecule has 8 heteroatoms. The normalized spacial score (nSPS) is 17.8. The molecule has 2 rings (SSSR count). The summed E-state index contributed by atoms with van der Waals surface area (Å²) >= 11 is 0. The van der Waals surface area contributed by atoms with Crippen LogP contribution in [0.25, 0.3) is 0 Å². The number of carbonyl (C=O) groups is 1. The number of hydrogen-bond donors (Lipinski definition) is 1. The van der Waals surface area contributed by atoms with Crippen LogP contribution >= 0.6 is 0 Å². The van der Waals surface area contributed by atoms with Crippen LogP contribution in [0.5, 0.6) is 5.88 Å². The first kappa shape index (κ1) is 12.7. The number of hydrogen-bond acceptors (Lipinski definition) is 4. The second kappa shape index (κ2) is 5.30. The molecule has 1 aliphatic rings. The molecule has 0 aromatic carbocycles. The van der Waals surface area contributed by atoms with Crippen molar-refractivity contribution in [3.63, 3.8) is 0 Å². The Hall–Kier alpha value is -1.70. The third kappa shape index (κ3) is 2.95. The number of carboxylic acid groups (broad SMARTS) is 1. The summed E-state index contributed by atoms with van der Waals surface area (Å²) in [6.07, 6.45) is 0.834. The fourth-order valence-electron chi connectivity index (χ4n) is 1.76. The summed E-state index contributed by atoms with van der Waals surface area (Å²) in [6, 6.07) is 1.35. The first-order valence-corrected chi connectivity index (χ1v) is 5.44. The van der Waals surface area contributed by atoms with Crippen molar-refractivity contribution in [3.05, 3.63) is 11.8 Å². The molecule has 100 valence electrons. The molecule has 2 heterocycles. The van der Waals surface area contributed by atoms with E-state index < -0.39 is 12.6 Å². The molecule has 0 fully saturated rings. The van der Waals surface area contributed by atoms with E-state index in [1.54, 1.807) is 0 Å². The van der Waals surface area contributed by atoms with Gasteiger partial charge in [-0.3, -0.25) is 0 Å². The van der Waals surface area contributed by atoms with Crippen LogP contribution in [0.15, 0.2) is 6.07 Å². The molecule has 0 amide bonds. The molecule has 0 aliphatic carbocycles. The van der Waals surface area contributed by atoms with E-state index in [0.29, 0.717) is 25.3 Å². The maximum atomic E-state index is 11.7. The average molecular weight is 262 g/mol. The summed E-state index contributed by atoms with van der Waals surface area (Å²) in [5.74, 6) is -0.713. The van der Waals surface area contributed by atoms with E-state index in [1.165, 1.54) is 10.7 Å². The number of fused-ring (bicyclic) bond motifs is 1. The van der Waals surface area contributed by atoms with Crippen molar-refractivity contribution >= 4 is 5.97 Å². The minimum absolute atomic E-state index is 0.0276. The summed E-state index contributed by atoms with van der Waals surface area (Å²) in [5, 5.41) is 12.6. The molecule has 0 saturated carbocycles. The van der Waals surface area contributed by atoms with Crippen LogP contribution < -0.4 is 4.74 Å². The Morgan fingerprint density at radius 1 is 1.72 bits per heavy atom. The second-order valence-electron chi connectivity index (χ2n) is 3.87. The van der Waals surface area contributed by atoms with Gasteiger partial charge in [-0.05, 0) is 12.8 Å². The van der Waals surface area contributed by atoms with Crippen molar-refractivity contribution in [2.45, 2.75) is 32.1 Å². The van der Waals surface area contributed by atoms with Gasteiger partial charge in [0.05, 0.1) is 13.2 Å². The molecule has 1 atom stereocenters. The lowest BCUT2D eigenvalue weighted by atomic mass is 10.2. The summed E-state index contributed by atoms with van der Waals surface area (Å²) in [7, 11) is 0. The Balaban J connectivity index is 1.77. The number of aromatic carboxylic acids is 1. The van der Waals surface area contributed by atoms with Crippen LogP contribution in [0.4, 0.5) is 8.78 Å². The minimum atomic E-state index is -2.75. The van der Waals surface area contributed by atoms with Crippen molar-refractivity contribution < 1.29 is 28.2 Å². The van der Waals surface area contributed by atoms with Gasteiger partial charge in [0.1, 0.15) is 6.10 Å². The summed E-state index contributed by atoms with van der Waals surface area (Å²) in [5.41, 5.74) is -0.0653. The van der Waals surface area contributed by atoms with E-state index in [9.17, 15) is 13.6 Å². The highest BCUT2D eigenvalue weighted by atomic mass is 19.3. The van der Waals surface area contributed by atoms with E-state index in [2.05, 4.69) is 9.84 Å². The molecule has 1 N–H and O–H groups in total. The largest absolute Gasteiger partial charge is 0.476 e. The Morgan fingerprint density at radius 2 is 2.50 bits per heavy atom. The molecule has 6 nitrogen and oxygen atoms in total. The van der Waals surface area contributed by atoms with Gasteiger partial charge in [-0.25, -0.2) is 9.48 Å². The SMILES string of the molecule is O=C(O)c1cc2n(n1)CC(CCCOC(F)F)O2. The van der Waals surface area contributed by atoms with Crippen molar-refractivity contribution in [1.82, 2.24) is 9.78 Å². The van der Waals surface area contributed by atoms with Crippen LogP contribution in [0.2, 0.25) is 0 Å². The number of halogens is 2. The maximum Gasteiger partial charge on any atom is 0.356 e. The number of rotatable bonds is 6. The van der Waals surface area contributed by atoms with Gasteiger partial charge in [0.2, 0.25) is 5.88 Å². The molecule has 0 saturated heterocycles. The average Bonchev–Trinajstić information content (AvgIpc) is 2.81. The van der Waals surface area contributed by atoms with Gasteiger partial charge >= 0.3 is 12.6 Å². The monoisotopic (exact) mass is 262 g/mol. The van der Waals surface area contributed by atoms with E-state index >= 15 is 0 Å². The van der Waals surface area contributed by atoms with Gasteiger partial charge in [-0.1, -0.05) is 0 Å². The van der Waals surface area contributed by atoms with Crippen molar-refractivity contribution in [2.75, 3.05) is 6.61 Å². The molecule has 0 radical (unpaired) electrons. The summed E-state index contributed by atoms with van der Waals surface area (Å²) in [6.45, 7) is -2.35. The first-order chi connectivity index (χ1) is 8.56. The predicted octanol–water partition coefficient (Wildman–Crippen LogP) is 1.36. The van der Waals surface area contributed by atoms with Crippen LogP contribution in [-0.2, 0) is 11.3 Å². The number of aromatic nitrogens is 2. The lowest BCUT2D eigenvalue weighted by molar-refractivity contribution is -0.130. The fraction of sp³-hybridized carbons (Fsp3) is 0.600. The van der Waals surface area contributed by atoms with Crippen molar-refractivity contribution in [3.8, 4) is 5.88 Å². The van der Waals surface area contributed by atoms with Gasteiger partial charge in [0.25, 0.3) is 0 Å². The second-order valence-corrected chi connectivity index (χ2v) is 3.87. The number of carboxylic acids is 1. The summed E-state index contributed by atoms with van der Waals surface area (Å²) < 4.78 is 34.4. The topological polar surface area (TPSA) is 73.6 Å². The van der Waals surface area contributed by atoms with Gasteiger partial charge < -0.3 is 14.6 Å². The fourth-order valence-corrected chi connectivity index (χ4v) is 1.76. The lowest BCUT2D eigenvalue weighted by Gasteiger charge is -2.09. The van der Waals surface area contributed by atoms with E-state index in [4.69, 9.17) is 9.84 Å². The maximum absolute atomic E-state index is 11.7. The van der Waals surface area contributed by atoms with Crippen LogP contribution in [0, 0.1) is 0 Å². The smallest absolute Gasteiger partial charge is 0.356 e. The van der Waals surface area contributed by atoms with Crippen molar-refractivity contribution in [2.24, 2.45) is 0 Å². The molecule has 18 heavy (non-hydrogen) atoms. The third-order valence-corrected chi connectivity index (χ3v) is 2.54. The molecule has 1 aliphatic heterocycles. The molecular formula is C10H12F2N2O4. The lowest BCUT2D eigenvalue weighted by Crippen LogP contribution is -2.16. The number of alkyl halides is 2. The molecule has 1 unspecified atom stereocenters. The summed E-state index contributed by atoms with van der Waals surface area (Å²) in [4.78, 5) is 10.6.